The van der Waals surface area contributed by atoms with E-state index in [0.29, 0.717) is 0 Å². The van der Waals surface area contributed by atoms with Crippen molar-refractivity contribution in [3.63, 3.8) is 0 Å². The predicted molar refractivity (Wildman–Crippen MR) is 58.8 cm³/mol. The summed E-state index contributed by atoms with van der Waals surface area (Å²) in [6.07, 6.45) is 4.24. The third kappa shape index (κ3) is 2.98. The standard InChI is InChI=1S/C12H25N/c1-5-9(3)12(13-6-2)10(4)11-7-8-11/h9-13H,5-8H2,1-4H3. The van der Waals surface area contributed by atoms with Crippen molar-refractivity contribution in [2.45, 2.75) is 53.0 Å². The van der Waals surface area contributed by atoms with Gasteiger partial charge >= 0.3 is 0 Å². The SMILES string of the molecule is CCNC(C(C)CC)C(C)C1CC1. The second kappa shape index (κ2) is 4.99. The summed E-state index contributed by atoms with van der Waals surface area (Å²) in [7, 11) is 0. The summed E-state index contributed by atoms with van der Waals surface area (Å²) in [6, 6.07) is 0.752. The van der Waals surface area contributed by atoms with E-state index < -0.39 is 0 Å². The molecule has 1 heteroatoms. The second-order valence-electron chi connectivity index (χ2n) is 4.67. The van der Waals surface area contributed by atoms with E-state index in [1.165, 1.54) is 19.3 Å². The Balaban J connectivity index is 2.43. The predicted octanol–water partition coefficient (Wildman–Crippen LogP) is 3.06. The van der Waals surface area contributed by atoms with Crippen molar-refractivity contribution < 1.29 is 0 Å². The zero-order valence-electron chi connectivity index (χ0n) is 9.64. The normalized spacial score (nSPS) is 24.0. The van der Waals surface area contributed by atoms with E-state index in [9.17, 15) is 0 Å². The number of rotatable bonds is 6. The van der Waals surface area contributed by atoms with Crippen molar-refractivity contribution in [1.29, 1.82) is 0 Å². The minimum absolute atomic E-state index is 0.752. The smallest absolute Gasteiger partial charge is 0.0121 e. The molecule has 0 aromatic carbocycles. The molecule has 1 aliphatic rings. The van der Waals surface area contributed by atoms with Crippen molar-refractivity contribution in [3.05, 3.63) is 0 Å². The van der Waals surface area contributed by atoms with Gasteiger partial charge in [-0.25, -0.2) is 0 Å². The van der Waals surface area contributed by atoms with Gasteiger partial charge in [-0.05, 0) is 37.1 Å². The summed E-state index contributed by atoms with van der Waals surface area (Å²) >= 11 is 0. The number of hydrogen-bond acceptors (Lipinski definition) is 1. The van der Waals surface area contributed by atoms with Crippen LogP contribution in [0.25, 0.3) is 0 Å². The maximum Gasteiger partial charge on any atom is 0.0121 e. The second-order valence-corrected chi connectivity index (χ2v) is 4.67. The van der Waals surface area contributed by atoms with Crippen LogP contribution in [0.2, 0.25) is 0 Å². The summed E-state index contributed by atoms with van der Waals surface area (Å²) in [4.78, 5) is 0. The average Bonchev–Trinajstić information content (AvgIpc) is 2.95. The highest BCUT2D eigenvalue weighted by Crippen LogP contribution is 2.39. The Bertz CT molecular complexity index is 140. The molecule has 0 spiro atoms. The van der Waals surface area contributed by atoms with Crippen molar-refractivity contribution >= 4 is 0 Å². The molecule has 0 radical (unpaired) electrons. The first-order chi connectivity index (χ1) is 6.20. The number of nitrogens with one attached hydrogen (secondary N) is 1. The van der Waals surface area contributed by atoms with Gasteiger partial charge in [-0.3, -0.25) is 0 Å². The molecule has 78 valence electrons. The van der Waals surface area contributed by atoms with Gasteiger partial charge in [0.05, 0.1) is 0 Å². The minimum atomic E-state index is 0.752. The van der Waals surface area contributed by atoms with Gasteiger partial charge in [0.25, 0.3) is 0 Å². The van der Waals surface area contributed by atoms with Crippen LogP contribution in [-0.2, 0) is 0 Å². The van der Waals surface area contributed by atoms with Gasteiger partial charge in [-0.2, -0.15) is 0 Å². The van der Waals surface area contributed by atoms with Crippen LogP contribution in [0.3, 0.4) is 0 Å². The lowest BCUT2D eigenvalue weighted by Crippen LogP contribution is -2.40. The third-order valence-corrected chi connectivity index (χ3v) is 3.63. The van der Waals surface area contributed by atoms with E-state index in [4.69, 9.17) is 0 Å². The van der Waals surface area contributed by atoms with E-state index in [1.54, 1.807) is 0 Å². The Labute approximate surface area is 83.3 Å². The summed E-state index contributed by atoms with van der Waals surface area (Å²) in [5.41, 5.74) is 0. The molecule has 0 heterocycles. The zero-order chi connectivity index (χ0) is 9.84. The molecule has 1 fully saturated rings. The van der Waals surface area contributed by atoms with E-state index in [2.05, 4.69) is 33.0 Å². The molecule has 1 N–H and O–H groups in total. The van der Waals surface area contributed by atoms with Gasteiger partial charge in [0.2, 0.25) is 0 Å². The topological polar surface area (TPSA) is 12.0 Å². The van der Waals surface area contributed by atoms with E-state index in [1.807, 2.05) is 0 Å². The molecule has 0 aromatic rings. The first kappa shape index (κ1) is 11.0. The molecule has 0 amide bonds. The summed E-state index contributed by atoms with van der Waals surface area (Å²) < 4.78 is 0. The molecule has 0 bridgehead atoms. The molecule has 1 saturated carbocycles. The van der Waals surface area contributed by atoms with Gasteiger partial charge in [-0.15, -0.1) is 0 Å². The van der Waals surface area contributed by atoms with E-state index in [-0.39, 0.29) is 0 Å². The van der Waals surface area contributed by atoms with Crippen LogP contribution in [-0.4, -0.2) is 12.6 Å². The molecule has 1 nitrogen and oxygen atoms in total. The molecule has 13 heavy (non-hydrogen) atoms. The van der Waals surface area contributed by atoms with Crippen LogP contribution in [0.15, 0.2) is 0 Å². The quantitative estimate of drug-likeness (QED) is 0.667. The maximum atomic E-state index is 3.65. The van der Waals surface area contributed by atoms with E-state index in [0.717, 1.165) is 30.3 Å². The molecule has 3 atom stereocenters. The molecule has 0 aromatic heterocycles. The van der Waals surface area contributed by atoms with Gasteiger partial charge < -0.3 is 5.32 Å². The first-order valence-corrected chi connectivity index (χ1v) is 5.94. The van der Waals surface area contributed by atoms with Gasteiger partial charge in [0.1, 0.15) is 0 Å². The largest absolute Gasteiger partial charge is 0.314 e. The van der Waals surface area contributed by atoms with Crippen LogP contribution in [0.5, 0.6) is 0 Å². The Morgan fingerprint density at radius 2 is 1.85 bits per heavy atom. The van der Waals surface area contributed by atoms with Crippen molar-refractivity contribution in [3.8, 4) is 0 Å². The fourth-order valence-electron chi connectivity index (χ4n) is 2.31. The molecule has 3 unspecified atom stereocenters. The monoisotopic (exact) mass is 183 g/mol. The summed E-state index contributed by atoms with van der Waals surface area (Å²) in [6.45, 7) is 10.4. The zero-order valence-corrected chi connectivity index (χ0v) is 9.64. The van der Waals surface area contributed by atoms with Crippen LogP contribution in [0, 0.1) is 17.8 Å². The molecule has 0 saturated heterocycles. The Morgan fingerprint density at radius 1 is 1.23 bits per heavy atom. The molecular weight excluding hydrogens is 158 g/mol. The van der Waals surface area contributed by atoms with Crippen molar-refractivity contribution in [1.82, 2.24) is 5.32 Å². The molecular formula is C12H25N. The Hall–Kier alpha value is -0.0400. The van der Waals surface area contributed by atoms with Gasteiger partial charge in [-0.1, -0.05) is 34.1 Å². The highest BCUT2D eigenvalue weighted by molar-refractivity contribution is 4.88. The average molecular weight is 183 g/mol. The Kier molecular flexibility index (Phi) is 4.24. The molecule has 1 aliphatic carbocycles. The third-order valence-electron chi connectivity index (χ3n) is 3.63. The fraction of sp³-hybridized carbons (Fsp3) is 1.00. The summed E-state index contributed by atoms with van der Waals surface area (Å²) in [5.74, 6) is 2.74. The van der Waals surface area contributed by atoms with Crippen LogP contribution >= 0.6 is 0 Å². The van der Waals surface area contributed by atoms with Crippen LogP contribution in [0.4, 0.5) is 0 Å². The minimum Gasteiger partial charge on any atom is -0.314 e. The van der Waals surface area contributed by atoms with E-state index >= 15 is 0 Å². The van der Waals surface area contributed by atoms with Crippen molar-refractivity contribution in [2.75, 3.05) is 6.54 Å². The Morgan fingerprint density at radius 3 is 2.23 bits per heavy atom. The fourth-order valence-corrected chi connectivity index (χ4v) is 2.31. The van der Waals surface area contributed by atoms with Gasteiger partial charge in [0, 0.05) is 6.04 Å². The lowest BCUT2D eigenvalue weighted by Gasteiger charge is -2.30. The lowest BCUT2D eigenvalue weighted by molar-refractivity contribution is 0.260. The van der Waals surface area contributed by atoms with Gasteiger partial charge in [0.15, 0.2) is 0 Å². The highest BCUT2D eigenvalue weighted by atomic mass is 14.9. The van der Waals surface area contributed by atoms with Crippen LogP contribution in [0.1, 0.15) is 47.0 Å². The number of hydrogen-bond donors (Lipinski definition) is 1. The molecule has 0 aliphatic heterocycles. The molecule has 1 rings (SSSR count). The highest BCUT2D eigenvalue weighted by Gasteiger charge is 2.34. The van der Waals surface area contributed by atoms with Crippen molar-refractivity contribution in [2.24, 2.45) is 17.8 Å². The summed E-state index contributed by atoms with van der Waals surface area (Å²) in [5, 5.41) is 3.65. The van der Waals surface area contributed by atoms with Crippen LogP contribution < -0.4 is 5.32 Å². The lowest BCUT2D eigenvalue weighted by atomic mass is 9.86. The maximum absolute atomic E-state index is 3.65. The first-order valence-electron chi connectivity index (χ1n) is 5.94.